The third-order valence-electron chi connectivity index (χ3n) is 5.65. The lowest BCUT2D eigenvalue weighted by Gasteiger charge is -2.35. The predicted molar refractivity (Wildman–Crippen MR) is 96.6 cm³/mol. The normalized spacial score (nSPS) is 18.8. The number of benzene rings is 1. The Bertz CT molecular complexity index is 821. The molecule has 2 heterocycles. The van der Waals surface area contributed by atoms with Crippen LogP contribution in [0.15, 0.2) is 36.5 Å². The molecule has 0 radical (unpaired) electrons. The fourth-order valence-corrected chi connectivity index (χ4v) is 4.17. The van der Waals surface area contributed by atoms with Crippen LogP contribution in [0.25, 0.3) is 0 Å². The van der Waals surface area contributed by atoms with Gasteiger partial charge in [-0.05, 0) is 55.5 Å². The number of Topliss-reactive ketones (excluding diaryl/α,β-unsaturated/α-hetero) is 1. The first-order valence-electron chi connectivity index (χ1n) is 9.23. The quantitative estimate of drug-likeness (QED) is 0.802. The van der Waals surface area contributed by atoms with E-state index in [-0.39, 0.29) is 17.7 Å². The molecule has 1 unspecified atom stereocenters. The van der Waals surface area contributed by atoms with Gasteiger partial charge in [-0.2, -0.15) is 0 Å². The van der Waals surface area contributed by atoms with Crippen molar-refractivity contribution in [3.8, 4) is 0 Å². The summed E-state index contributed by atoms with van der Waals surface area (Å²) in [5, 5.41) is 0. The Balaban J connectivity index is 1.38. The molecule has 4 rings (SSSR count). The molecule has 1 aliphatic heterocycles. The van der Waals surface area contributed by atoms with E-state index in [4.69, 9.17) is 0 Å². The van der Waals surface area contributed by atoms with Gasteiger partial charge in [-0.25, -0.2) is 0 Å². The van der Waals surface area contributed by atoms with Crippen molar-refractivity contribution in [3.05, 3.63) is 58.9 Å². The number of amides is 1. The van der Waals surface area contributed by atoms with Crippen LogP contribution >= 0.6 is 0 Å². The van der Waals surface area contributed by atoms with E-state index in [0.29, 0.717) is 19.4 Å². The molecule has 1 aromatic carbocycles. The molecule has 2 aliphatic rings. The van der Waals surface area contributed by atoms with Crippen molar-refractivity contribution >= 4 is 11.7 Å². The standard InChI is InChI=1S/C21H24N2O2/c1-15-19-6-3-11-22(19)12-13-23(15)21(25)10-9-20(24)18-8-7-16-4-2-5-17(16)14-18/h3,6-8,11,14-15H,2,4-5,9-10,12-13H2,1H3. The maximum atomic E-state index is 12.6. The molecular formula is C21H24N2O2. The summed E-state index contributed by atoms with van der Waals surface area (Å²) in [6, 6.07) is 10.2. The molecule has 4 nitrogen and oxygen atoms in total. The molecule has 0 bridgehead atoms. The average Bonchev–Trinajstić information content (AvgIpc) is 3.28. The largest absolute Gasteiger partial charge is 0.348 e. The molecule has 0 spiro atoms. The highest BCUT2D eigenvalue weighted by Gasteiger charge is 2.27. The van der Waals surface area contributed by atoms with E-state index in [1.54, 1.807) is 0 Å². The van der Waals surface area contributed by atoms with Crippen LogP contribution in [-0.4, -0.2) is 27.7 Å². The van der Waals surface area contributed by atoms with Crippen LogP contribution in [0.5, 0.6) is 0 Å². The summed E-state index contributed by atoms with van der Waals surface area (Å²) in [5.74, 6) is 0.158. The highest BCUT2D eigenvalue weighted by molar-refractivity contribution is 5.98. The van der Waals surface area contributed by atoms with Gasteiger partial charge in [-0.15, -0.1) is 0 Å². The summed E-state index contributed by atoms with van der Waals surface area (Å²) in [6.45, 7) is 3.61. The van der Waals surface area contributed by atoms with Gasteiger partial charge >= 0.3 is 0 Å². The molecule has 1 aromatic heterocycles. The number of aryl methyl sites for hydroxylation is 2. The summed E-state index contributed by atoms with van der Waals surface area (Å²) in [7, 11) is 0. The van der Waals surface area contributed by atoms with Gasteiger partial charge in [0.15, 0.2) is 5.78 Å². The molecule has 0 saturated carbocycles. The molecule has 2 aromatic rings. The summed E-state index contributed by atoms with van der Waals surface area (Å²) in [5.41, 5.74) is 4.61. The molecule has 1 aliphatic carbocycles. The Hall–Kier alpha value is -2.36. The molecule has 25 heavy (non-hydrogen) atoms. The van der Waals surface area contributed by atoms with E-state index in [1.807, 2.05) is 23.1 Å². The second kappa shape index (κ2) is 6.51. The minimum atomic E-state index is 0.0753. The molecule has 0 saturated heterocycles. The number of ketones is 1. The number of rotatable bonds is 4. The number of carbonyl (C=O) groups is 2. The number of hydrogen-bond donors (Lipinski definition) is 0. The maximum Gasteiger partial charge on any atom is 0.223 e. The number of hydrogen-bond acceptors (Lipinski definition) is 2. The van der Waals surface area contributed by atoms with Crippen LogP contribution in [0.2, 0.25) is 0 Å². The number of nitrogens with zero attached hydrogens (tertiary/aromatic N) is 2. The van der Waals surface area contributed by atoms with Crippen LogP contribution in [0.1, 0.15) is 59.4 Å². The van der Waals surface area contributed by atoms with Crippen molar-refractivity contribution in [1.82, 2.24) is 9.47 Å². The SMILES string of the molecule is CC1c2cccn2CCN1C(=O)CCC(=O)c1ccc2c(c1)CCC2. The lowest BCUT2D eigenvalue weighted by atomic mass is 10.0. The topological polar surface area (TPSA) is 42.3 Å². The van der Waals surface area contributed by atoms with Gasteiger partial charge in [0.2, 0.25) is 5.91 Å². The monoisotopic (exact) mass is 336 g/mol. The average molecular weight is 336 g/mol. The Morgan fingerprint density at radius 1 is 1.08 bits per heavy atom. The number of aromatic nitrogens is 1. The first-order chi connectivity index (χ1) is 12.1. The second-order valence-corrected chi connectivity index (χ2v) is 7.15. The Morgan fingerprint density at radius 2 is 1.92 bits per heavy atom. The maximum absolute atomic E-state index is 12.6. The van der Waals surface area contributed by atoms with Crippen LogP contribution in [0.3, 0.4) is 0 Å². The van der Waals surface area contributed by atoms with Gasteiger partial charge in [0.25, 0.3) is 0 Å². The molecule has 1 atom stereocenters. The zero-order chi connectivity index (χ0) is 17.4. The Labute approximate surface area is 148 Å². The van der Waals surface area contributed by atoms with Crippen LogP contribution in [-0.2, 0) is 24.2 Å². The van der Waals surface area contributed by atoms with E-state index in [1.165, 1.54) is 23.2 Å². The van der Waals surface area contributed by atoms with Gasteiger partial charge < -0.3 is 9.47 Å². The Kier molecular flexibility index (Phi) is 4.20. The van der Waals surface area contributed by atoms with Gasteiger partial charge in [0.1, 0.15) is 0 Å². The van der Waals surface area contributed by atoms with E-state index < -0.39 is 0 Å². The first-order valence-corrected chi connectivity index (χ1v) is 9.23. The van der Waals surface area contributed by atoms with Crippen molar-refractivity contribution in [2.45, 2.75) is 51.6 Å². The third kappa shape index (κ3) is 3.01. The van der Waals surface area contributed by atoms with Crippen molar-refractivity contribution in [1.29, 1.82) is 0 Å². The highest BCUT2D eigenvalue weighted by atomic mass is 16.2. The van der Waals surface area contributed by atoms with Crippen molar-refractivity contribution in [2.75, 3.05) is 6.54 Å². The van der Waals surface area contributed by atoms with Gasteiger partial charge in [-0.3, -0.25) is 9.59 Å². The van der Waals surface area contributed by atoms with E-state index >= 15 is 0 Å². The lowest BCUT2D eigenvalue weighted by Crippen LogP contribution is -2.40. The van der Waals surface area contributed by atoms with Crippen molar-refractivity contribution < 1.29 is 9.59 Å². The van der Waals surface area contributed by atoms with Gasteiger partial charge in [0, 0.05) is 43.4 Å². The van der Waals surface area contributed by atoms with Crippen molar-refractivity contribution in [3.63, 3.8) is 0 Å². The van der Waals surface area contributed by atoms with E-state index in [2.05, 4.69) is 29.8 Å². The summed E-state index contributed by atoms with van der Waals surface area (Å²) in [4.78, 5) is 27.0. The van der Waals surface area contributed by atoms with E-state index in [9.17, 15) is 9.59 Å². The van der Waals surface area contributed by atoms with Gasteiger partial charge in [0.05, 0.1) is 6.04 Å². The molecule has 0 fully saturated rings. The fraction of sp³-hybridized carbons (Fsp3) is 0.429. The molecule has 0 N–H and O–H groups in total. The second-order valence-electron chi connectivity index (χ2n) is 7.15. The first kappa shape index (κ1) is 16.1. The fourth-order valence-electron chi connectivity index (χ4n) is 4.17. The number of carbonyl (C=O) groups excluding carboxylic acids is 2. The predicted octanol–water partition coefficient (Wildman–Crippen LogP) is 3.54. The molecule has 4 heteroatoms. The lowest BCUT2D eigenvalue weighted by molar-refractivity contribution is -0.134. The zero-order valence-corrected chi connectivity index (χ0v) is 14.7. The Morgan fingerprint density at radius 3 is 2.80 bits per heavy atom. The number of fused-ring (bicyclic) bond motifs is 2. The van der Waals surface area contributed by atoms with Crippen molar-refractivity contribution in [2.24, 2.45) is 0 Å². The minimum Gasteiger partial charge on any atom is -0.348 e. The molecule has 130 valence electrons. The molecule has 1 amide bonds. The summed E-state index contributed by atoms with van der Waals surface area (Å²) < 4.78 is 2.20. The minimum absolute atomic E-state index is 0.0753. The van der Waals surface area contributed by atoms with Crippen LogP contribution < -0.4 is 0 Å². The summed E-state index contributed by atoms with van der Waals surface area (Å²) >= 11 is 0. The van der Waals surface area contributed by atoms with Crippen LogP contribution in [0.4, 0.5) is 0 Å². The highest BCUT2D eigenvalue weighted by Crippen LogP contribution is 2.27. The smallest absolute Gasteiger partial charge is 0.223 e. The van der Waals surface area contributed by atoms with E-state index in [0.717, 1.165) is 24.9 Å². The molecular weight excluding hydrogens is 312 g/mol. The van der Waals surface area contributed by atoms with Gasteiger partial charge in [-0.1, -0.05) is 12.1 Å². The van der Waals surface area contributed by atoms with Crippen LogP contribution in [0, 0.1) is 0 Å². The zero-order valence-electron chi connectivity index (χ0n) is 14.7. The summed E-state index contributed by atoms with van der Waals surface area (Å²) in [6.07, 6.45) is 6.02. The third-order valence-corrected chi connectivity index (χ3v) is 5.65.